The fraction of sp³-hybridized carbons (Fsp3) is 0.786. The number of piperazine rings is 1. The Morgan fingerprint density at radius 2 is 2.05 bits per heavy atom. The topological polar surface area (TPSA) is 61.6 Å². The molecule has 0 spiro atoms. The fourth-order valence-corrected chi connectivity index (χ4v) is 2.64. The number of likely N-dealkylation sites (N-methyl/N-ethyl adjacent to an activating group) is 1. The van der Waals surface area contributed by atoms with Crippen LogP contribution in [0.4, 0.5) is 0 Å². The summed E-state index contributed by atoms with van der Waals surface area (Å²) in [4.78, 5) is 16.7. The van der Waals surface area contributed by atoms with E-state index in [0.29, 0.717) is 0 Å². The number of hydrogen-bond donors (Lipinski definition) is 2. The lowest BCUT2D eigenvalue weighted by Crippen LogP contribution is -2.45. The van der Waals surface area contributed by atoms with E-state index in [4.69, 9.17) is 5.73 Å². The van der Waals surface area contributed by atoms with Crippen molar-refractivity contribution in [1.82, 2.24) is 15.1 Å². The Labute approximate surface area is 115 Å². The third-order valence-electron chi connectivity index (χ3n) is 4.00. The Hall–Kier alpha value is -0.910. The summed E-state index contributed by atoms with van der Waals surface area (Å²) in [7, 11) is 2.16. The second-order valence-corrected chi connectivity index (χ2v) is 5.68. The molecule has 5 nitrogen and oxygen atoms in total. The molecular formula is C14H26N4O. The van der Waals surface area contributed by atoms with Gasteiger partial charge in [-0.25, -0.2) is 0 Å². The van der Waals surface area contributed by atoms with Gasteiger partial charge in [-0.15, -0.1) is 0 Å². The van der Waals surface area contributed by atoms with Gasteiger partial charge in [-0.3, -0.25) is 4.79 Å². The van der Waals surface area contributed by atoms with Gasteiger partial charge in [0.1, 0.15) is 0 Å². The SMILES string of the molecule is CN1CCN(CCCNC(=O)C2C=CC(N)C2)CC1. The van der Waals surface area contributed by atoms with E-state index in [1.165, 1.54) is 0 Å². The highest BCUT2D eigenvalue weighted by molar-refractivity contribution is 5.81. The van der Waals surface area contributed by atoms with Crippen LogP contribution in [0.25, 0.3) is 0 Å². The quantitative estimate of drug-likeness (QED) is 0.527. The summed E-state index contributed by atoms with van der Waals surface area (Å²) >= 11 is 0. The van der Waals surface area contributed by atoms with Gasteiger partial charge in [0.25, 0.3) is 0 Å². The Morgan fingerprint density at radius 3 is 2.68 bits per heavy atom. The molecule has 0 aromatic heterocycles. The summed E-state index contributed by atoms with van der Waals surface area (Å²) in [6.45, 7) is 6.43. The van der Waals surface area contributed by atoms with Crippen LogP contribution in [0, 0.1) is 5.92 Å². The molecule has 0 radical (unpaired) electrons. The summed E-state index contributed by atoms with van der Waals surface area (Å²) in [5, 5.41) is 3.01. The zero-order valence-electron chi connectivity index (χ0n) is 11.8. The predicted molar refractivity (Wildman–Crippen MR) is 76.8 cm³/mol. The molecule has 2 unspecified atom stereocenters. The highest BCUT2D eigenvalue weighted by Gasteiger charge is 2.22. The molecule has 1 saturated heterocycles. The molecule has 0 aromatic rings. The van der Waals surface area contributed by atoms with E-state index in [0.717, 1.165) is 52.1 Å². The second kappa shape index (κ2) is 7.03. The average molecular weight is 266 g/mol. The van der Waals surface area contributed by atoms with E-state index in [2.05, 4.69) is 22.2 Å². The standard InChI is InChI=1S/C14H26N4O/c1-17-7-9-18(10-8-17)6-2-5-16-14(19)12-3-4-13(15)11-12/h3-4,12-13H,2,5-11,15H2,1H3,(H,16,19). The van der Waals surface area contributed by atoms with Crippen molar-refractivity contribution in [1.29, 1.82) is 0 Å². The molecule has 2 atom stereocenters. The number of nitrogens with two attached hydrogens (primary N) is 1. The van der Waals surface area contributed by atoms with E-state index in [1.807, 2.05) is 12.2 Å². The highest BCUT2D eigenvalue weighted by Crippen LogP contribution is 2.16. The van der Waals surface area contributed by atoms with Gasteiger partial charge < -0.3 is 20.9 Å². The minimum atomic E-state index is -0.0152. The molecule has 0 aromatic carbocycles. The first kappa shape index (κ1) is 14.5. The zero-order valence-corrected chi connectivity index (χ0v) is 11.8. The number of carbonyl (C=O) groups is 1. The molecule has 0 bridgehead atoms. The zero-order chi connectivity index (χ0) is 13.7. The summed E-state index contributed by atoms with van der Waals surface area (Å²) in [6.07, 6.45) is 5.64. The van der Waals surface area contributed by atoms with Crippen LogP contribution in [-0.2, 0) is 4.79 Å². The van der Waals surface area contributed by atoms with Crippen LogP contribution in [0.15, 0.2) is 12.2 Å². The number of hydrogen-bond acceptors (Lipinski definition) is 4. The van der Waals surface area contributed by atoms with Crippen LogP contribution in [0.3, 0.4) is 0 Å². The van der Waals surface area contributed by atoms with E-state index in [-0.39, 0.29) is 17.9 Å². The Bertz CT molecular complexity index is 323. The van der Waals surface area contributed by atoms with E-state index >= 15 is 0 Å². The van der Waals surface area contributed by atoms with Gasteiger partial charge in [0, 0.05) is 38.8 Å². The van der Waals surface area contributed by atoms with Crippen molar-refractivity contribution in [3.63, 3.8) is 0 Å². The third kappa shape index (κ3) is 4.60. The highest BCUT2D eigenvalue weighted by atomic mass is 16.1. The molecule has 1 fully saturated rings. The smallest absolute Gasteiger partial charge is 0.226 e. The molecule has 3 N–H and O–H groups in total. The summed E-state index contributed by atoms with van der Waals surface area (Å²) in [5.74, 6) is 0.112. The van der Waals surface area contributed by atoms with Crippen LogP contribution in [-0.4, -0.2) is 68.1 Å². The molecule has 1 amide bonds. The maximum atomic E-state index is 11.8. The van der Waals surface area contributed by atoms with Crippen LogP contribution in [0.2, 0.25) is 0 Å². The molecule has 0 saturated carbocycles. The van der Waals surface area contributed by atoms with Crippen LogP contribution in [0.1, 0.15) is 12.8 Å². The molecule has 1 heterocycles. The molecule has 2 rings (SSSR count). The van der Waals surface area contributed by atoms with E-state index < -0.39 is 0 Å². The summed E-state index contributed by atoms with van der Waals surface area (Å²) in [5.41, 5.74) is 5.75. The molecule has 108 valence electrons. The number of amides is 1. The molecule has 5 heteroatoms. The number of nitrogens with one attached hydrogen (secondary N) is 1. The van der Waals surface area contributed by atoms with Crippen LogP contribution >= 0.6 is 0 Å². The Morgan fingerprint density at radius 1 is 1.32 bits per heavy atom. The summed E-state index contributed by atoms with van der Waals surface area (Å²) in [6, 6.07) is 0.0566. The average Bonchev–Trinajstić information content (AvgIpc) is 2.83. The first-order chi connectivity index (χ1) is 9.15. The first-order valence-corrected chi connectivity index (χ1v) is 7.27. The maximum Gasteiger partial charge on any atom is 0.226 e. The molecule has 19 heavy (non-hydrogen) atoms. The van der Waals surface area contributed by atoms with Crippen molar-refractivity contribution in [2.45, 2.75) is 18.9 Å². The van der Waals surface area contributed by atoms with Crippen molar-refractivity contribution in [3.8, 4) is 0 Å². The van der Waals surface area contributed by atoms with Crippen molar-refractivity contribution in [2.24, 2.45) is 11.7 Å². The first-order valence-electron chi connectivity index (χ1n) is 7.27. The molecule has 2 aliphatic rings. The van der Waals surface area contributed by atoms with Crippen LogP contribution in [0.5, 0.6) is 0 Å². The van der Waals surface area contributed by atoms with Crippen molar-refractivity contribution in [2.75, 3.05) is 46.3 Å². The van der Waals surface area contributed by atoms with Gasteiger partial charge in [-0.1, -0.05) is 12.2 Å². The Kier molecular flexibility index (Phi) is 5.36. The van der Waals surface area contributed by atoms with Gasteiger partial charge in [0.05, 0.1) is 5.92 Å². The largest absolute Gasteiger partial charge is 0.356 e. The van der Waals surface area contributed by atoms with Crippen LogP contribution < -0.4 is 11.1 Å². The minimum absolute atomic E-state index is 0.0152. The lowest BCUT2D eigenvalue weighted by atomic mass is 10.1. The normalized spacial score (nSPS) is 28.7. The lowest BCUT2D eigenvalue weighted by Gasteiger charge is -2.32. The number of rotatable bonds is 5. The van der Waals surface area contributed by atoms with Crippen molar-refractivity contribution >= 4 is 5.91 Å². The summed E-state index contributed by atoms with van der Waals surface area (Å²) < 4.78 is 0. The predicted octanol–water partition coefficient (Wildman–Crippen LogP) is -0.356. The fourth-order valence-electron chi connectivity index (χ4n) is 2.64. The van der Waals surface area contributed by atoms with Gasteiger partial charge in [-0.05, 0) is 26.4 Å². The van der Waals surface area contributed by atoms with Gasteiger partial charge in [0.15, 0.2) is 0 Å². The third-order valence-corrected chi connectivity index (χ3v) is 4.00. The number of carbonyl (C=O) groups excluding carboxylic acids is 1. The maximum absolute atomic E-state index is 11.8. The van der Waals surface area contributed by atoms with Crippen molar-refractivity contribution in [3.05, 3.63) is 12.2 Å². The lowest BCUT2D eigenvalue weighted by molar-refractivity contribution is -0.123. The second-order valence-electron chi connectivity index (χ2n) is 5.68. The van der Waals surface area contributed by atoms with Gasteiger partial charge in [-0.2, -0.15) is 0 Å². The number of nitrogens with zero attached hydrogens (tertiary/aromatic N) is 2. The Balaban J connectivity index is 1.54. The monoisotopic (exact) mass is 266 g/mol. The molecular weight excluding hydrogens is 240 g/mol. The minimum Gasteiger partial charge on any atom is -0.356 e. The van der Waals surface area contributed by atoms with Gasteiger partial charge in [0.2, 0.25) is 5.91 Å². The van der Waals surface area contributed by atoms with Gasteiger partial charge >= 0.3 is 0 Å². The van der Waals surface area contributed by atoms with E-state index in [9.17, 15) is 4.79 Å². The van der Waals surface area contributed by atoms with Crippen molar-refractivity contribution < 1.29 is 4.79 Å². The molecule has 1 aliphatic carbocycles. The molecule has 1 aliphatic heterocycles. The van der Waals surface area contributed by atoms with E-state index in [1.54, 1.807) is 0 Å².